The lowest BCUT2D eigenvalue weighted by molar-refractivity contribution is 0.0950. The van der Waals surface area contributed by atoms with E-state index in [0.717, 1.165) is 5.69 Å². The molecule has 4 rings (SSSR count). The topological polar surface area (TPSA) is 70.4 Å². The first kappa shape index (κ1) is 21.3. The molecule has 0 radical (unpaired) electrons. The quantitative estimate of drug-likeness (QED) is 0.629. The number of nitrogens with one attached hydrogen (secondary N) is 1. The Bertz CT molecular complexity index is 1090. The van der Waals surface area contributed by atoms with Gasteiger partial charge in [-0.05, 0) is 55.7 Å². The minimum atomic E-state index is -0.326. The molecule has 0 unspecified atom stereocenters. The van der Waals surface area contributed by atoms with Crippen molar-refractivity contribution in [2.24, 2.45) is 0 Å². The second kappa shape index (κ2) is 9.08. The van der Waals surface area contributed by atoms with Gasteiger partial charge in [-0.3, -0.25) is 4.79 Å². The first-order valence-corrected chi connectivity index (χ1v) is 10.6. The summed E-state index contributed by atoms with van der Waals surface area (Å²) in [4.78, 5) is 14.6. The Balaban J connectivity index is 1.42. The molecule has 0 saturated carbocycles. The Hall–Kier alpha value is -2.90. The molecule has 0 spiro atoms. The maximum absolute atomic E-state index is 14.6. The van der Waals surface area contributed by atoms with Crippen LogP contribution in [0.4, 0.5) is 10.1 Å². The number of benzene rings is 2. The number of piperidine rings is 1. The van der Waals surface area contributed by atoms with E-state index in [1.165, 1.54) is 12.3 Å². The van der Waals surface area contributed by atoms with Crippen LogP contribution >= 0.6 is 11.6 Å². The van der Waals surface area contributed by atoms with E-state index in [4.69, 9.17) is 11.6 Å². The largest absolute Gasteiger partial charge is 0.393 e. The second-order valence-electron chi connectivity index (χ2n) is 7.72. The van der Waals surface area contributed by atoms with Gasteiger partial charge in [-0.25, -0.2) is 9.07 Å². The molecule has 1 aliphatic rings. The van der Waals surface area contributed by atoms with Crippen molar-refractivity contribution in [3.05, 3.63) is 76.3 Å². The number of nitrogens with zero attached hydrogens (tertiary/aromatic N) is 3. The number of aliphatic hydroxyl groups excluding tert-OH is 1. The van der Waals surface area contributed by atoms with Gasteiger partial charge in [0.25, 0.3) is 5.91 Å². The van der Waals surface area contributed by atoms with E-state index in [1.54, 1.807) is 22.9 Å². The third-order valence-corrected chi connectivity index (χ3v) is 5.81. The van der Waals surface area contributed by atoms with Gasteiger partial charge in [0.05, 0.1) is 34.9 Å². The molecule has 162 valence electrons. The highest BCUT2D eigenvalue weighted by molar-refractivity contribution is 6.30. The highest BCUT2D eigenvalue weighted by atomic mass is 35.5. The van der Waals surface area contributed by atoms with Gasteiger partial charge in [0.1, 0.15) is 5.82 Å². The second-order valence-corrected chi connectivity index (χ2v) is 8.16. The van der Waals surface area contributed by atoms with Crippen LogP contribution in [0.3, 0.4) is 0 Å². The van der Waals surface area contributed by atoms with E-state index in [0.29, 0.717) is 53.5 Å². The van der Waals surface area contributed by atoms with Gasteiger partial charge < -0.3 is 15.3 Å². The molecule has 1 aromatic heterocycles. The molecular formula is C23H24ClFN4O2. The number of aliphatic hydroxyl groups is 1. The number of carbonyl (C=O) groups is 1. The fourth-order valence-electron chi connectivity index (χ4n) is 3.80. The van der Waals surface area contributed by atoms with Crippen LogP contribution in [0, 0.1) is 12.7 Å². The van der Waals surface area contributed by atoms with Gasteiger partial charge in [-0.2, -0.15) is 5.10 Å². The molecule has 1 amide bonds. The van der Waals surface area contributed by atoms with Crippen LogP contribution in [0.5, 0.6) is 0 Å². The maximum atomic E-state index is 14.6. The molecule has 1 fully saturated rings. The summed E-state index contributed by atoms with van der Waals surface area (Å²) in [5.74, 6) is -0.603. The molecule has 1 aliphatic heterocycles. The summed E-state index contributed by atoms with van der Waals surface area (Å²) < 4.78 is 16.3. The smallest absolute Gasteiger partial charge is 0.255 e. The lowest BCUT2D eigenvalue weighted by Gasteiger charge is -2.31. The summed E-state index contributed by atoms with van der Waals surface area (Å²) in [6.07, 6.45) is 2.49. The van der Waals surface area contributed by atoms with Crippen molar-refractivity contribution >= 4 is 23.2 Å². The third-order valence-electron chi connectivity index (χ3n) is 5.58. The third kappa shape index (κ3) is 4.73. The monoisotopic (exact) mass is 442 g/mol. The number of rotatable bonds is 5. The molecule has 1 saturated heterocycles. The molecule has 31 heavy (non-hydrogen) atoms. The number of hydrogen-bond acceptors (Lipinski definition) is 4. The zero-order valence-electron chi connectivity index (χ0n) is 17.2. The van der Waals surface area contributed by atoms with Crippen molar-refractivity contribution < 1.29 is 14.3 Å². The van der Waals surface area contributed by atoms with Gasteiger partial charge >= 0.3 is 0 Å². The van der Waals surface area contributed by atoms with Crippen LogP contribution in [0.2, 0.25) is 5.02 Å². The van der Waals surface area contributed by atoms with Crippen molar-refractivity contribution in [1.29, 1.82) is 0 Å². The molecule has 2 heterocycles. The van der Waals surface area contributed by atoms with Gasteiger partial charge in [-0.15, -0.1) is 0 Å². The normalized spacial score (nSPS) is 14.6. The van der Waals surface area contributed by atoms with Crippen molar-refractivity contribution in [3.63, 3.8) is 0 Å². The average molecular weight is 443 g/mol. The molecule has 3 aromatic rings. The lowest BCUT2D eigenvalue weighted by atomic mass is 10.1. The molecule has 0 atom stereocenters. The zero-order valence-corrected chi connectivity index (χ0v) is 17.9. The average Bonchev–Trinajstić information content (AvgIpc) is 3.14. The van der Waals surface area contributed by atoms with Crippen molar-refractivity contribution in [1.82, 2.24) is 15.1 Å². The van der Waals surface area contributed by atoms with Gasteiger partial charge in [0.15, 0.2) is 0 Å². The number of amides is 1. The highest BCUT2D eigenvalue weighted by Gasteiger charge is 2.20. The molecule has 2 aromatic carbocycles. The molecule has 8 heteroatoms. The number of hydrogen-bond donors (Lipinski definition) is 2. The van der Waals surface area contributed by atoms with Gasteiger partial charge in [0, 0.05) is 24.7 Å². The summed E-state index contributed by atoms with van der Waals surface area (Å²) in [5.41, 5.74) is 3.11. The van der Waals surface area contributed by atoms with E-state index in [2.05, 4.69) is 10.4 Å². The van der Waals surface area contributed by atoms with Gasteiger partial charge in [-0.1, -0.05) is 23.7 Å². The van der Waals surface area contributed by atoms with Crippen molar-refractivity contribution in [2.75, 3.05) is 18.0 Å². The van der Waals surface area contributed by atoms with Crippen LogP contribution in [0.15, 0.2) is 48.7 Å². The summed E-state index contributed by atoms with van der Waals surface area (Å²) in [5, 5.41) is 17.3. The SMILES string of the molecule is Cc1c(C(=O)NCc2ccc(N3CCC(O)CC3)c(F)c2)cnn1-c1cccc(Cl)c1. The first-order valence-electron chi connectivity index (χ1n) is 10.2. The molecule has 0 bridgehead atoms. The Kier molecular flexibility index (Phi) is 6.25. The Labute approximate surface area is 185 Å². The minimum Gasteiger partial charge on any atom is -0.393 e. The Morgan fingerprint density at radius 3 is 2.74 bits per heavy atom. The molecule has 2 N–H and O–H groups in total. The number of anilines is 1. The lowest BCUT2D eigenvalue weighted by Crippen LogP contribution is -2.36. The van der Waals surface area contributed by atoms with E-state index >= 15 is 0 Å². The van der Waals surface area contributed by atoms with E-state index in [-0.39, 0.29) is 24.4 Å². The fraction of sp³-hybridized carbons (Fsp3) is 0.304. The summed E-state index contributed by atoms with van der Waals surface area (Å²) in [7, 11) is 0. The number of halogens is 2. The van der Waals surface area contributed by atoms with Crippen LogP contribution in [0.25, 0.3) is 5.69 Å². The van der Waals surface area contributed by atoms with Gasteiger partial charge in [0.2, 0.25) is 0 Å². The maximum Gasteiger partial charge on any atom is 0.255 e. The van der Waals surface area contributed by atoms with Crippen molar-refractivity contribution in [2.45, 2.75) is 32.4 Å². The number of carbonyl (C=O) groups excluding carboxylic acids is 1. The van der Waals surface area contributed by atoms with Crippen LogP contribution < -0.4 is 10.2 Å². The zero-order chi connectivity index (χ0) is 22.0. The Morgan fingerprint density at radius 2 is 2.03 bits per heavy atom. The van der Waals surface area contributed by atoms with E-state index < -0.39 is 0 Å². The fourth-order valence-corrected chi connectivity index (χ4v) is 3.99. The minimum absolute atomic E-state index is 0.205. The summed E-state index contributed by atoms with van der Waals surface area (Å²) in [6, 6.07) is 12.2. The molecular weight excluding hydrogens is 419 g/mol. The predicted molar refractivity (Wildman–Crippen MR) is 118 cm³/mol. The molecule has 6 nitrogen and oxygen atoms in total. The summed E-state index contributed by atoms with van der Waals surface area (Å²) in [6.45, 7) is 3.28. The predicted octanol–water partition coefficient (Wildman–Crippen LogP) is 3.86. The van der Waals surface area contributed by atoms with Crippen LogP contribution in [-0.2, 0) is 6.54 Å². The molecule has 0 aliphatic carbocycles. The van der Waals surface area contributed by atoms with Crippen LogP contribution in [0.1, 0.15) is 34.5 Å². The summed E-state index contributed by atoms with van der Waals surface area (Å²) >= 11 is 6.05. The van der Waals surface area contributed by atoms with Crippen LogP contribution in [-0.4, -0.2) is 40.0 Å². The van der Waals surface area contributed by atoms with E-state index in [9.17, 15) is 14.3 Å². The first-order chi connectivity index (χ1) is 14.9. The standard InChI is InChI=1S/C23H24ClFN4O2/c1-15-20(14-27-29(15)18-4-2-3-17(24)12-18)23(31)26-13-16-5-6-22(21(25)11-16)28-9-7-19(30)8-10-28/h2-6,11-12,14,19,30H,7-10,13H2,1H3,(H,26,31). The Morgan fingerprint density at radius 1 is 1.26 bits per heavy atom. The van der Waals surface area contributed by atoms with Crippen molar-refractivity contribution in [3.8, 4) is 5.69 Å². The van der Waals surface area contributed by atoms with E-state index in [1.807, 2.05) is 30.0 Å². The number of aromatic nitrogens is 2. The highest BCUT2D eigenvalue weighted by Crippen LogP contribution is 2.24.